The number of hydrogen-bond donors (Lipinski definition) is 2. The van der Waals surface area contributed by atoms with E-state index in [1.165, 1.54) is 36.7 Å². The summed E-state index contributed by atoms with van der Waals surface area (Å²) in [5.74, 6) is -0.0947. The number of ether oxygens (including phenoxy) is 1. The first-order valence-electron chi connectivity index (χ1n) is 13.7. The molecule has 0 unspecified atom stereocenters. The highest BCUT2D eigenvalue weighted by Gasteiger charge is 2.49. The number of fused-ring (bicyclic) bond motifs is 3. The number of phenolic OH excluding ortho intramolecular Hbond substituents is 1. The second-order valence-corrected chi connectivity index (χ2v) is 10.9. The molecule has 0 radical (unpaired) electrons. The zero-order valence-electron chi connectivity index (χ0n) is 22.7. The van der Waals surface area contributed by atoms with Crippen molar-refractivity contribution in [2.75, 3.05) is 25.0 Å². The summed E-state index contributed by atoms with van der Waals surface area (Å²) in [6.45, 7) is 3.18. The lowest BCUT2D eigenvalue weighted by atomic mass is 9.95. The van der Waals surface area contributed by atoms with E-state index in [1.807, 2.05) is 0 Å². The van der Waals surface area contributed by atoms with Crippen LogP contribution in [0.3, 0.4) is 0 Å². The molecule has 3 aromatic heterocycles. The summed E-state index contributed by atoms with van der Waals surface area (Å²) in [6.07, 6.45) is 4.14. The van der Waals surface area contributed by atoms with Gasteiger partial charge in [0.05, 0.1) is 23.8 Å². The van der Waals surface area contributed by atoms with Crippen molar-refractivity contribution in [1.29, 1.82) is 0 Å². The standard InChI is InChI=1S/C30H27F2N5O5/c1-16-25-24(28(39)42-26(16)20-11-19(38)10-17-4-2-5-21(32)23(17)20)27(34-13-22-33-7-9-40-22)36-29(35-25)41-15-30-6-3-8-37(30)14-18(31)12-30/h2,4-5,7,9-11,18,38H,3,6,8,12-15H2,1H3,(H,34,35,36)/t18-,30+/m1/s1. The maximum Gasteiger partial charge on any atom is 0.349 e. The second kappa shape index (κ2) is 10.1. The monoisotopic (exact) mass is 575 g/mol. The number of benzene rings is 2. The quantitative estimate of drug-likeness (QED) is 0.270. The van der Waals surface area contributed by atoms with Gasteiger partial charge in [0, 0.05) is 29.5 Å². The summed E-state index contributed by atoms with van der Waals surface area (Å²) >= 11 is 0. The number of hydrogen-bond acceptors (Lipinski definition) is 10. The Morgan fingerprint density at radius 3 is 2.98 bits per heavy atom. The van der Waals surface area contributed by atoms with Crippen molar-refractivity contribution < 1.29 is 27.5 Å². The summed E-state index contributed by atoms with van der Waals surface area (Å²) in [5, 5.41) is 14.2. The molecule has 2 aromatic carbocycles. The van der Waals surface area contributed by atoms with E-state index in [2.05, 4.69) is 25.2 Å². The molecule has 2 fully saturated rings. The molecule has 2 N–H and O–H groups in total. The fraction of sp³-hybridized carbons (Fsp3) is 0.333. The van der Waals surface area contributed by atoms with E-state index >= 15 is 4.39 Å². The predicted octanol–water partition coefficient (Wildman–Crippen LogP) is 5.11. The maximum absolute atomic E-state index is 15.1. The van der Waals surface area contributed by atoms with Crippen molar-refractivity contribution >= 4 is 27.5 Å². The van der Waals surface area contributed by atoms with Crippen LogP contribution in [0.2, 0.25) is 0 Å². The zero-order valence-corrected chi connectivity index (χ0v) is 22.7. The molecule has 5 aromatic rings. The average molecular weight is 576 g/mol. The number of anilines is 1. The SMILES string of the molecule is Cc1c(-c2cc(O)cc3cccc(F)c23)oc(=O)c2c(NCc3ncco3)nc(OC[C@@]34CCCN3C[C@H](F)C4)nc12. The number of rotatable bonds is 7. The van der Waals surface area contributed by atoms with Crippen LogP contribution in [-0.2, 0) is 6.54 Å². The van der Waals surface area contributed by atoms with Gasteiger partial charge >= 0.3 is 11.6 Å². The summed E-state index contributed by atoms with van der Waals surface area (Å²) < 4.78 is 46.6. The maximum atomic E-state index is 15.1. The fourth-order valence-electron chi connectivity index (χ4n) is 6.37. The van der Waals surface area contributed by atoms with E-state index in [4.69, 9.17) is 13.6 Å². The topological polar surface area (TPSA) is 127 Å². The van der Waals surface area contributed by atoms with Gasteiger partial charge in [-0.15, -0.1) is 0 Å². The third-order valence-corrected chi connectivity index (χ3v) is 8.26. The van der Waals surface area contributed by atoms with E-state index in [1.54, 1.807) is 13.0 Å². The third kappa shape index (κ3) is 4.42. The highest BCUT2D eigenvalue weighted by molar-refractivity contribution is 6.00. The van der Waals surface area contributed by atoms with Gasteiger partial charge in [-0.05, 0) is 49.9 Å². The first kappa shape index (κ1) is 26.3. The van der Waals surface area contributed by atoms with E-state index in [0.717, 1.165) is 19.4 Å². The molecule has 2 aliphatic heterocycles. The molecule has 5 heterocycles. The van der Waals surface area contributed by atoms with Crippen LogP contribution in [0.4, 0.5) is 14.6 Å². The number of halogens is 2. The Morgan fingerprint density at radius 2 is 2.14 bits per heavy atom. The van der Waals surface area contributed by atoms with Gasteiger partial charge in [0.25, 0.3) is 0 Å². The molecule has 216 valence electrons. The molecule has 42 heavy (non-hydrogen) atoms. The van der Waals surface area contributed by atoms with Crippen molar-refractivity contribution in [3.63, 3.8) is 0 Å². The smallest absolute Gasteiger partial charge is 0.349 e. The molecule has 0 amide bonds. The van der Waals surface area contributed by atoms with Crippen LogP contribution in [0.5, 0.6) is 11.8 Å². The lowest BCUT2D eigenvalue weighted by Gasteiger charge is -2.30. The van der Waals surface area contributed by atoms with Crippen molar-refractivity contribution in [3.8, 4) is 23.1 Å². The van der Waals surface area contributed by atoms with Crippen molar-refractivity contribution in [1.82, 2.24) is 19.9 Å². The Balaban J connectivity index is 1.36. The molecule has 0 bridgehead atoms. The Morgan fingerprint density at radius 1 is 1.26 bits per heavy atom. The van der Waals surface area contributed by atoms with Crippen molar-refractivity contribution in [2.45, 2.75) is 44.4 Å². The molecule has 7 rings (SSSR count). The van der Waals surface area contributed by atoms with Crippen LogP contribution in [0, 0.1) is 12.7 Å². The zero-order chi connectivity index (χ0) is 29.0. The molecular formula is C30H27F2N5O5. The number of nitrogens with one attached hydrogen (secondary N) is 1. The third-order valence-electron chi connectivity index (χ3n) is 8.26. The Labute approximate surface area is 238 Å². The molecule has 10 nitrogen and oxygen atoms in total. The summed E-state index contributed by atoms with van der Waals surface area (Å²) in [6, 6.07) is 7.27. The number of alkyl halides is 1. The Bertz CT molecular complexity index is 1880. The summed E-state index contributed by atoms with van der Waals surface area (Å²) in [4.78, 5) is 28.8. The van der Waals surface area contributed by atoms with E-state index < -0.39 is 23.2 Å². The summed E-state index contributed by atoms with van der Waals surface area (Å²) in [7, 11) is 0. The van der Waals surface area contributed by atoms with Crippen molar-refractivity contribution in [2.24, 2.45) is 0 Å². The van der Waals surface area contributed by atoms with Gasteiger partial charge in [-0.2, -0.15) is 9.97 Å². The molecule has 12 heteroatoms. The Kier molecular flexibility index (Phi) is 6.30. The van der Waals surface area contributed by atoms with Gasteiger partial charge in [0.15, 0.2) is 0 Å². The Hall–Kier alpha value is -4.58. The molecule has 0 spiro atoms. The number of aromatic hydroxyl groups is 1. The summed E-state index contributed by atoms with van der Waals surface area (Å²) in [5.41, 5.74) is -0.356. The predicted molar refractivity (Wildman–Crippen MR) is 150 cm³/mol. The van der Waals surface area contributed by atoms with Gasteiger partial charge in [-0.25, -0.2) is 18.6 Å². The number of nitrogens with zero attached hydrogens (tertiary/aromatic N) is 4. The average Bonchev–Trinajstić information content (AvgIpc) is 3.68. The highest BCUT2D eigenvalue weighted by atomic mass is 19.1. The van der Waals surface area contributed by atoms with Crippen LogP contribution in [0.1, 0.15) is 30.7 Å². The first-order valence-corrected chi connectivity index (χ1v) is 13.7. The number of oxazole rings is 1. The largest absolute Gasteiger partial charge is 0.508 e. The number of aromatic nitrogens is 3. The van der Waals surface area contributed by atoms with Crippen LogP contribution in [0.15, 0.2) is 56.4 Å². The minimum Gasteiger partial charge on any atom is -0.508 e. The van der Waals surface area contributed by atoms with E-state index in [0.29, 0.717) is 29.8 Å². The van der Waals surface area contributed by atoms with Gasteiger partial charge < -0.3 is 24.0 Å². The molecule has 2 atom stereocenters. The van der Waals surface area contributed by atoms with Gasteiger partial charge in [-0.1, -0.05) is 12.1 Å². The molecule has 2 saturated heterocycles. The van der Waals surface area contributed by atoms with Crippen LogP contribution >= 0.6 is 0 Å². The van der Waals surface area contributed by atoms with Crippen molar-refractivity contribution in [3.05, 3.63) is 70.5 Å². The minimum absolute atomic E-state index is 0.00691. The molecular weight excluding hydrogens is 548 g/mol. The van der Waals surface area contributed by atoms with Gasteiger partial charge in [0.1, 0.15) is 47.6 Å². The molecule has 0 saturated carbocycles. The van der Waals surface area contributed by atoms with Crippen LogP contribution < -0.4 is 15.7 Å². The number of phenols is 1. The normalized spacial score (nSPS) is 20.4. The van der Waals surface area contributed by atoms with Crippen LogP contribution in [-0.4, -0.2) is 56.4 Å². The number of aryl methyl sites for hydroxylation is 1. The van der Waals surface area contributed by atoms with E-state index in [9.17, 15) is 14.3 Å². The molecule has 2 aliphatic rings. The first-order chi connectivity index (χ1) is 20.3. The second-order valence-electron chi connectivity index (χ2n) is 10.9. The fourth-order valence-corrected chi connectivity index (χ4v) is 6.37. The molecule has 0 aliphatic carbocycles. The lowest BCUT2D eigenvalue weighted by molar-refractivity contribution is 0.107. The minimum atomic E-state index is -0.920. The van der Waals surface area contributed by atoms with Crippen LogP contribution in [0.25, 0.3) is 33.0 Å². The van der Waals surface area contributed by atoms with Gasteiger partial charge in [-0.3, -0.25) is 4.90 Å². The highest BCUT2D eigenvalue weighted by Crippen LogP contribution is 2.41. The van der Waals surface area contributed by atoms with E-state index in [-0.39, 0.29) is 58.3 Å². The van der Waals surface area contributed by atoms with Gasteiger partial charge in [0.2, 0.25) is 5.89 Å². The lowest BCUT2D eigenvalue weighted by Crippen LogP contribution is -2.43.